The molecule has 1 aromatic rings. The van der Waals surface area contributed by atoms with Crippen molar-refractivity contribution in [3.8, 4) is 0 Å². The van der Waals surface area contributed by atoms with E-state index in [0.717, 1.165) is 12.2 Å². The zero-order valence-corrected chi connectivity index (χ0v) is 10.9. The average Bonchev–Trinajstić information content (AvgIpc) is 2.76. The number of nitrogens with one attached hydrogen (secondary N) is 1. The van der Waals surface area contributed by atoms with E-state index < -0.39 is 0 Å². The van der Waals surface area contributed by atoms with Crippen molar-refractivity contribution in [1.82, 2.24) is 20.1 Å². The molecule has 0 aliphatic heterocycles. The first-order valence-electron chi connectivity index (χ1n) is 6.35. The number of aryl methyl sites for hydroxylation is 1. The Morgan fingerprint density at radius 1 is 1.47 bits per heavy atom. The lowest BCUT2D eigenvalue weighted by atomic mass is 9.92. The molecule has 5 heteroatoms. The summed E-state index contributed by atoms with van der Waals surface area (Å²) in [6.45, 7) is 2.13. The molecule has 1 heterocycles. The summed E-state index contributed by atoms with van der Waals surface area (Å²) in [5, 5.41) is 11.7. The van der Waals surface area contributed by atoms with Gasteiger partial charge in [-0.1, -0.05) is 12.8 Å². The quantitative estimate of drug-likeness (QED) is 0.862. The standard InChI is InChI=1S/C12H22N4O/c1-9(12-15-13-8-16(12)2)14-10-6-4-5-7-11(10)17-3/h8-11,14H,4-7H2,1-3H3. The monoisotopic (exact) mass is 238 g/mol. The molecule has 0 radical (unpaired) electrons. The lowest BCUT2D eigenvalue weighted by Gasteiger charge is -2.33. The van der Waals surface area contributed by atoms with Crippen molar-refractivity contribution in [2.45, 2.75) is 50.8 Å². The smallest absolute Gasteiger partial charge is 0.149 e. The van der Waals surface area contributed by atoms with Gasteiger partial charge in [-0.2, -0.15) is 0 Å². The van der Waals surface area contributed by atoms with Gasteiger partial charge >= 0.3 is 0 Å². The van der Waals surface area contributed by atoms with E-state index >= 15 is 0 Å². The highest BCUT2D eigenvalue weighted by Gasteiger charge is 2.27. The second-order valence-electron chi connectivity index (χ2n) is 4.85. The van der Waals surface area contributed by atoms with Gasteiger partial charge in [0, 0.05) is 20.2 Å². The van der Waals surface area contributed by atoms with Gasteiger partial charge in [-0.25, -0.2) is 0 Å². The van der Waals surface area contributed by atoms with Gasteiger partial charge in [-0.15, -0.1) is 10.2 Å². The highest BCUT2D eigenvalue weighted by molar-refractivity contribution is 4.95. The first kappa shape index (κ1) is 12.5. The average molecular weight is 238 g/mol. The van der Waals surface area contributed by atoms with Crippen molar-refractivity contribution in [3.63, 3.8) is 0 Å². The minimum atomic E-state index is 0.211. The minimum absolute atomic E-state index is 0.211. The minimum Gasteiger partial charge on any atom is -0.380 e. The number of rotatable bonds is 4. The van der Waals surface area contributed by atoms with Gasteiger partial charge in [0.1, 0.15) is 12.2 Å². The molecular formula is C12H22N4O. The summed E-state index contributed by atoms with van der Waals surface area (Å²) in [6.07, 6.45) is 6.96. The maximum Gasteiger partial charge on any atom is 0.149 e. The predicted octanol–water partition coefficient (Wildman–Crippen LogP) is 1.42. The van der Waals surface area contributed by atoms with Crippen LogP contribution in [0.4, 0.5) is 0 Å². The number of hydrogen-bond donors (Lipinski definition) is 1. The van der Waals surface area contributed by atoms with E-state index in [4.69, 9.17) is 4.74 Å². The first-order valence-corrected chi connectivity index (χ1v) is 6.35. The first-order chi connectivity index (χ1) is 8.22. The number of aromatic nitrogens is 3. The summed E-state index contributed by atoms with van der Waals surface area (Å²) in [4.78, 5) is 0. The normalized spacial score (nSPS) is 27.0. The second kappa shape index (κ2) is 5.60. The number of nitrogens with zero attached hydrogens (tertiary/aromatic N) is 3. The molecule has 1 aromatic heterocycles. The van der Waals surface area contributed by atoms with Gasteiger partial charge in [0.2, 0.25) is 0 Å². The van der Waals surface area contributed by atoms with Crippen molar-refractivity contribution in [2.24, 2.45) is 7.05 Å². The Kier molecular flexibility index (Phi) is 4.12. The number of ether oxygens (including phenoxy) is 1. The van der Waals surface area contributed by atoms with Crippen LogP contribution < -0.4 is 5.32 Å². The third-order valence-electron chi connectivity index (χ3n) is 3.60. The molecule has 0 saturated heterocycles. The van der Waals surface area contributed by atoms with E-state index in [-0.39, 0.29) is 6.04 Å². The van der Waals surface area contributed by atoms with Gasteiger partial charge in [-0.05, 0) is 19.8 Å². The summed E-state index contributed by atoms with van der Waals surface area (Å²) in [6, 6.07) is 0.642. The maximum atomic E-state index is 5.55. The molecule has 1 saturated carbocycles. The molecule has 96 valence electrons. The van der Waals surface area contributed by atoms with E-state index in [1.165, 1.54) is 19.3 Å². The third kappa shape index (κ3) is 2.84. The Bertz CT molecular complexity index is 352. The zero-order valence-electron chi connectivity index (χ0n) is 10.9. The van der Waals surface area contributed by atoms with Crippen molar-refractivity contribution < 1.29 is 4.74 Å². The summed E-state index contributed by atoms with van der Waals surface area (Å²) in [7, 11) is 3.78. The fraction of sp³-hybridized carbons (Fsp3) is 0.833. The lowest BCUT2D eigenvalue weighted by Crippen LogP contribution is -2.44. The Morgan fingerprint density at radius 3 is 2.88 bits per heavy atom. The molecule has 17 heavy (non-hydrogen) atoms. The largest absolute Gasteiger partial charge is 0.380 e. The van der Waals surface area contributed by atoms with E-state index in [0.29, 0.717) is 12.1 Å². The molecule has 1 N–H and O–H groups in total. The van der Waals surface area contributed by atoms with E-state index in [2.05, 4.69) is 22.4 Å². The van der Waals surface area contributed by atoms with Crippen LogP contribution in [0.3, 0.4) is 0 Å². The van der Waals surface area contributed by atoms with Crippen LogP contribution in [0.5, 0.6) is 0 Å². The molecule has 5 nitrogen and oxygen atoms in total. The van der Waals surface area contributed by atoms with Gasteiger partial charge in [0.25, 0.3) is 0 Å². The Hall–Kier alpha value is -0.940. The van der Waals surface area contributed by atoms with Crippen LogP contribution in [0.2, 0.25) is 0 Å². The number of methoxy groups -OCH3 is 1. The van der Waals surface area contributed by atoms with Crippen molar-refractivity contribution in [2.75, 3.05) is 7.11 Å². The molecule has 3 unspecified atom stereocenters. The lowest BCUT2D eigenvalue weighted by molar-refractivity contribution is 0.0379. The summed E-state index contributed by atoms with van der Waals surface area (Å²) >= 11 is 0. The zero-order chi connectivity index (χ0) is 12.3. The van der Waals surface area contributed by atoms with Crippen LogP contribution in [0.15, 0.2) is 6.33 Å². The van der Waals surface area contributed by atoms with Crippen LogP contribution in [-0.2, 0) is 11.8 Å². The summed E-state index contributed by atoms with van der Waals surface area (Å²) in [5.41, 5.74) is 0. The molecule has 1 aliphatic rings. The third-order valence-corrected chi connectivity index (χ3v) is 3.60. The fourth-order valence-electron chi connectivity index (χ4n) is 2.65. The van der Waals surface area contributed by atoms with Crippen LogP contribution in [0, 0.1) is 0 Å². The van der Waals surface area contributed by atoms with E-state index in [9.17, 15) is 0 Å². The SMILES string of the molecule is COC1CCCCC1NC(C)c1nncn1C. The van der Waals surface area contributed by atoms with Crippen molar-refractivity contribution >= 4 is 0 Å². The van der Waals surface area contributed by atoms with Crippen LogP contribution >= 0.6 is 0 Å². The van der Waals surface area contributed by atoms with E-state index in [1.807, 2.05) is 11.6 Å². The Morgan fingerprint density at radius 2 is 2.24 bits per heavy atom. The van der Waals surface area contributed by atoms with Crippen molar-refractivity contribution in [1.29, 1.82) is 0 Å². The van der Waals surface area contributed by atoms with Crippen LogP contribution in [-0.4, -0.2) is 34.0 Å². The molecular weight excluding hydrogens is 216 g/mol. The van der Waals surface area contributed by atoms with Crippen molar-refractivity contribution in [3.05, 3.63) is 12.2 Å². The predicted molar refractivity (Wildman–Crippen MR) is 65.6 cm³/mol. The van der Waals surface area contributed by atoms with Crippen LogP contribution in [0.1, 0.15) is 44.5 Å². The van der Waals surface area contributed by atoms with E-state index in [1.54, 1.807) is 13.4 Å². The van der Waals surface area contributed by atoms with Gasteiger partial charge in [-0.3, -0.25) is 0 Å². The summed E-state index contributed by atoms with van der Waals surface area (Å²) < 4.78 is 7.51. The molecule has 1 aliphatic carbocycles. The Balaban J connectivity index is 1.97. The maximum absolute atomic E-state index is 5.55. The van der Waals surface area contributed by atoms with Gasteiger partial charge in [0.15, 0.2) is 0 Å². The topological polar surface area (TPSA) is 52.0 Å². The fourth-order valence-corrected chi connectivity index (χ4v) is 2.65. The molecule has 0 spiro atoms. The molecule has 2 rings (SSSR count). The molecule has 0 bridgehead atoms. The highest BCUT2D eigenvalue weighted by Crippen LogP contribution is 2.23. The summed E-state index contributed by atoms with van der Waals surface area (Å²) in [5.74, 6) is 0.977. The number of hydrogen-bond acceptors (Lipinski definition) is 4. The van der Waals surface area contributed by atoms with Crippen LogP contribution in [0.25, 0.3) is 0 Å². The molecule has 1 fully saturated rings. The highest BCUT2D eigenvalue weighted by atomic mass is 16.5. The molecule has 3 atom stereocenters. The van der Waals surface area contributed by atoms with Gasteiger partial charge < -0.3 is 14.6 Å². The molecule has 0 amide bonds. The second-order valence-corrected chi connectivity index (χ2v) is 4.85. The van der Waals surface area contributed by atoms with Gasteiger partial charge in [0.05, 0.1) is 12.1 Å². The molecule has 0 aromatic carbocycles. The Labute approximate surface area is 103 Å².